The van der Waals surface area contributed by atoms with Gasteiger partial charge in [0.05, 0.1) is 5.56 Å². The molecule has 9 heteroatoms. The lowest BCUT2D eigenvalue weighted by Crippen LogP contribution is -2.41. The fourth-order valence-electron chi connectivity index (χ4n) is 4.98. The molecule has 1 saturated carbocycles. The van der Waals surface area contributed by atoms with Crippen molar-refractivity contribution in [2.24, 2.45) is 5.41 Å². The number of aromatic hydroxyl groups is 1. The lowest BCUT2D eigenvalue weighted by molar-refractivity contribution is -0.137. The van der Waals surface area contributed by atoms with Crippen LogP contribution in [0.4, 0.5) is 13.2 Å². The summed E-state index contributed by atoms with van der Waals surface area (Å²) < 4.78 is 43.8. The summed E-state index contributed by atoms with van der Waals surface area (Å²) in [6.07, 6.45) is 1.20. The van der Waals surface area contributed by atoms with Gasteiger partial charge in [-0.1, -0.05) is 12.1 Å². The average Bonchev–Trinajstić information content (AvgIpc) is 3.57. The molecule has 1 spiro atoms. The first-order valence-electron chi connectivity index (χ1n) is 12.6. The molecule has 6 nitrogen and oxygen atoms in total. The first-order chi connectivity index (χ1) is 18.6. The van der Waals surface area contributed by atoms with Crippen LogP contribution >= 0.6 is 0 Å². The van der Waals surface area contributed by atoms with Gasteiger partial charge in [-0.25, -0.2) is 0 Å². The standard InChI is InChI=1S/C30H27F3N2O4/c31-30(32,33)22-7-11-25(12-8-22)39-24-9-5-21(6-10-24)28(38)35-16-14-29(15-17-35)19-26(29)34-27(37)13-4-20-2-1-3-23(36)18-20/h1-13,18,26,36H,14-17,19H2,(H,34,37)/b13-4+. The summed E-state index contributed by atoms with van der Waals surface area (Å²) in [4.78, 5) is 27.2. The lowest BCUT2D eigenvalue weighted by atomic mass is 9.92. The second-order valence-electron chi connectivity index (χ2n) is 10.00. The normalized spacial score (nSPS) is 18.2. The van der Waals surface area contributed by atoms with Crippen LogP contribution in [0.3, 0.4) is 0 Å². The van der Waals surface area contributed by atoms with E-state index >= 15 is 0 Å². The van der Waals surface area contributed by atoms with Crippen molar-refractivity contribution in [1.29, 1.82) is 0 Å². The summed E-state index contributed by atoms with van der Waals surface area (Å²) >= 11 is 0. The van der Waals surface area contributed by atoms with E-state index in [1.54, 1.807) is 59.5 Å². The summed E-state index contributed by atoms with van der Waals surface area (Å²) in [6, 6.07) is 17.7. The molecule has 0 radical (unpaired) electrons. The fourth-order valence-corrected chi connectivity index (χ4v) is 4.98. The molecule has 2 N–H and O–H groups in total. The molecule has 2 aliphatic rings. The Morgan fingerprint density at radius 2 is 1.62 bits per heavy atom. The molecule has 0 bridgehead atoms. The van der Waals surface area contributed by atoms with Gasteiger partial charge in [-0.2, -0.15) is 13.2 Å². The number of hydrogen-bond donors (Lipinski definition) is 2. The van der Waals surface area contributed by atoms with Gasteiger partial charge in [0.15, 0.2) is 0 Å². The van der Waals surface area contributed by atoms with Gasteiger partial charge in [0.1, 0.15) is 17.2 Å². The van der Waals surface area contributed by atoms with Crippen molar-refractivity contribution in [2.45, 2.75) is 31.5 Å². The molecule has 1 aliphatic carbocycles. The predicted molar refractivity (Wildman–Crippen MR) is 139 cm³/mol. The number of nitrogens with zero attached hydrogens (tertiary/aromatic N) is 1. The minimum atomic E-state index is -4.41. The number of piperidine rings is 1. The Labute approximate surface area is 223 Å². The highest BCUT2D eigenvalue weighted by molar-refractivity contribution is 5.94. The summed E-state index contributed by atoms with van der Waals surface area (Å²) in [5, 5.41) is 12.6. The van der Waals surface area contributed by atoms with E-state index in [-0.39, 0.29) is 34.8 Å². The second kappa shape index (κ2) is 10.5. The molecule has 1 heterocycles. The number of carbonyl (C=O) groups is 2. The number of halogens is 3. The second-order valence-corrected chi connectivity index (χ2v) is 10.00. The van der Waals surface area contributed by atoms with E-state index in [0.29, 0.717) is 24.4 Å². The van der Waals surface area contributed by atoms with Gasteiger partial charge in [-0.05, 0) is 97.0 Å². The molecule has 202 valence electrons. The van der Waals surface area contributed by atoms with Crippen molar-refractivity contribution >= 4 is 17.9 Å². The van der Waals surface area contributed by atoms with Crippen LogP contribution in [0.2, 0.25) is 0 Å². The summed E-state index contributed by atoms with van der Waals surface area (Å²) in [5.74, 6) is 0.545. The molecular formula is C30H27F3N2O4. The minimum Gasteiger partial charge on any atom is -0.508 e. The number of carbonyl (C=O) groups excluding carboxylic acids is 2. The molecule has 0 aromatic heterocycles. The highest BCUT2D eigenvalue weighted by Crippen LogP contribution is 2.54. The van der Waals surface area contributed by atoms with Crippen molar-refractivity contribution in [2.75, 3.05) is 13.1 Å². The molecular weight excluding hydrogens is 509 g/mol. The number of hydrogen-bond acceptors (Lipinski definition) is 4. The van der Waals surface area contributed by atoms with Gasteiger partial charge in [0.2, 0.25) is 5.91 Å². The van der Waals surface area contributed by atoms with Gasteiger partial charge in [-0.3, -0.25) is 9.59 Å². The number of alkyl halides is 3. The predicted octanol–water partition coefficient (Wildman–Crippen LogP) is 6.03. The van der Waals surface area contributed by atoms with Gasteiger partial charge < -0.3 is 20.1 Å². The maximum atomic E-state index is 13.0. The number of likely N-dealkylation sites (tertiary alicyclic amines) is 1. The van der Waals surface area contributed by atoms with Crippen LogP contribution in [0.15, 0.2) is 78.9 Å². The van der Waals surface area contributed by atoms with Gasteiger partial charge in [-0.15, -0.1) is 0 Å². The first kappa shape index (κ1) is 26.3. The molecule has 1 aliphatic heterocycles. The topological polar surface area (TPSA) is 78.9 Å². The Kier molecular flexibility index (Phi) is 7.08. The minimum absolute atomic E-state index is 0.0185. The molecule has 2 amide bonds. The molecule has 1 unspecified atom stereocenters. The van der Waals surface area contributed by atoms with Crippen molar-refractivity contribution in [3.63, 3.8) is 0 Å². The van der Waals surface area contributed by atoms with Crippen LogP contribution in [0.1, 0.15) is 40.7 Å². The third-order valence-electron chi connectivity index (χ3n) is 7.37. The smallest absolute Gasteiger partial charge is 0.416 e. The molecule has 3 aromatic carbocycles. The molecule has 1 atom stereocenters. The average molecular weight is 537 g/mol. The zero-order chi connectivity index (χ0) is 27.6. The van der Waals surface area contributed by atoms with E-state index in [1.807, 2.05) is 0 Å². The van der Waals surface area contributed by atoms with Crippen molar-refractivity contribution in [3.05, 3.63) is 95.6 Å². The molecule has 39 heavy (non-hydrogen) atoms. The first-order valence-corrected chi connectivity index (χ1v) is 12.6. The SMILES string of the molecule is O=C(/C=C/c1cccc(O)c1)NC1CC12CCN(C(=O)c1ccc(Oc3ccc(C(F)(F)F)cc3)cc1)CC2. The Hall–Kier alpha value is -4.27. The van der Waals surface area contributed by atoms with Crippen LogP contribution in [0.25, 0.3) is 6.08 Å². The third kappa shape index (κ3) is 6.25. The number of benzene rings is 3. The van der Waals surface area contributed by atoms with Crippen LogP contribution in [0.5, 0.6) is 17.2 Å². The molecule has 5 rings (SSSR count). The fraction of sp³-hybridized carbons (Fsp3) is 0.267. The van der Waals surface area contributed by atoms with Crippen molar-refractivity contribution in [1.82, 2.24) is 10.2 Å². The maximum absolute atomic E-state index is 13.0. The van der Waals surface area contributed by atoms with E-state index in [4.69, 9.17) is 4.74 Å². The van der Waals surface area contributed by atoms with Crippen LogP contribution in [0, 0.1) is 5.41 Å². The number of nitrogens with one attached hydrogen (secondary N) is 1. The largest absolute Gasteiger partial charge is 0.508 e. The monoisotopic (exact) mass is 536 g/mol. The summed E-state index contributed by atoms with van der Waals surface area (Å²) in [7, 11) is 0. The van der Waals surface area contributed by atoms with Crippen LogP contribution < -0.4 is 10.1 Å². The third-order valence-corrected chi connectivity index (χ3v) is 7.37. The Balaban J connectivity index is 1.10. The number of rotatable bonds is 6. The quantitative estimate of drug-likeness (QED) is 0.377. The van der Waals surface area contributed by atoms with Gasteiger partial charge >= 0.3 is 6.18 Å². The zero-order valence-corrected chi connectivity index (χ0v) is 20.9. The Morgan fingerprint density at radius 3 is 2.23 bits per heavy atom. The zero-order valence-electron chi connectivity index (χ0n) is 20.9. The van der Waals surface area contributed by atoms with E-state index in [0.717, 1.165) is 37.0 Å². The van der Waals surface area contributed by atoms with Gasteiger partial charge in [0.25, 0.3) is 5.91 Å². The number of amides is 2. The van der Waals surface area contributed by atoms with Crippen LogP contribution in [-0.4, -0.2) is 41.0 Å². The highest BCUT2D eigenvalue weighted by Gasteiger charge is 2.55. The van der Waals surface area contributed by atoms with Crippen molar-refractivity contribution in [3.8, 4) is 17.2 Å². The lowest BCUT2D eigenvalue weighted by Gasteiger charge is -2.33. The van der Waals surface area contributed by atoms with E-state index < -0.39 is 11.7 Å². The van der Waals surface area contributed by atoms with Crippen molar-refractivity contribution < 1.29 is 32.6 Å². The van der Waals surface area contributed by atoms with E-state index in [9.17, 15) is 27.9 Å². The van der Waals surface area contributed by atoms with E-state index in [1.165, 1.54) is 18.2 Å². The Bertz CT molecular complexity index is 1380. The van der Waals surface area contributed by atoms with Crippen LogP contribution in [-0.2, 0) is 11.0 Å². The highest BCUT2D eigenvalue weighted by atomic mass is 19.4. The van der Waals surface area contributed by atoms with E-state index in [2.05, 4.69) is 5.32 Å². The Morgan fingerprint density at radius 1 is 0.974 bits per heavy atom. The summed E-state index contributed by atoms with van der Waals surface area (Å²) in [6.45, 7) is 1.18. The molecule has 2 fully saturated rings. The number of ether oxygens (including phenoxy) is 1. The molecule has 1 saturated heterocycles. The van der Waals surface area contributed by atoms with Gasteiger partial charge in [0, 0.05) is 30.8 Å². The number of phenols is 1. The number of phenolic OH excluding ortho intramolecular Hbond substituents is 1. The summed E-state index contributed by atoms with van der Waals surface area (Å²) in [5.41, 5.74) is 0.510. The molecule has 3 aromatic rings. The maximum Gasteiger partial charge on any atom is 0.416 e.